The van der Waals surface area contributed by atoms with Gasteiger partial charge < -0.3 is 19.3 Å². The standard InChI is InChI=1S/C31H39ClN8O4S/c1-6-23-29(24-9-7-12-27(34-24)43-18-13-21(2)3)35-31(37-45(41,42)22-19-33-39(5)20-22)36-30(23)44-26-11-8-10-25(28(26)32)40-16-14-38(4)15-17-40/h7-12,19-21H,6,13-18H2,1-5H3,(H,35,36,37). The summed E-state index contributed by atoms with van der Waals surface area (Å²) < 4.78 is 42.7. The Labute approximate surface area is 269 Å². The average Bonchev–Trinajstić information content (AvgIpc) is 3.46. The molecule has 240 valence electrons. The monoisotopic (exact) mass is 654 g/mol. The van der Waals surface area contributed by atoms with Gasteiger partial charge in [-0.1, -0.05) is 44.5 Å². The molecule has 3 aromatic heterocycles. The third-order valence-corrected chi connectivity index (χ3v) is 9.11. The minimum atomic E-state index is -4.06. The molecule has 4 heterocycles. The molecule has 0 amide bonds. The third kappa shape index (κ3) is 7.84. The number of sulfonamides is 1. The molecule has 1 N–H and O–H groups in total. The summed E-state index contributed by atoms with van der Waals surface area (Å²) in [6.45, 7) is 10.2. The maximum Gasteiger partial charge on any atom is 0.267 e. The zero-order valence-corrected chi connectivity index (χ0v) is 27.8. The van der Waals surface area contributed by atoms with Gasteiger partial charge >= 0.3 is 0 Å². The molecule has 1 aromatic carbocycles. The van der Waals surface area contributed by atoms with Crippen LogP contribution >= 0.6 is 11.6 Å². The van der Waals surface area contributed by atoms with Crippen molar-refractivity contribution in [2.45, 2.75) is 38.5 Å². The zero-order valence-electron chi connectivity index (χ0n) is 26.2. The molecule has 1 saturated heterocycles. The molecule has 12 nitrogen and oxygen atoms in total. The summed E-state index contributed by atoms with van der Waals surface area (Å²) in [5.74, 6) is 1.31. The fourth-order valence-corrected chi connectivity index (χ4v) is 6.05. The summed E-state index contributed by atoms with van der Waals surface area (Å²) in [6.07, 6.45) is 4.00. The predicted molar refractivity (Wildman–Crippen MR) is 175 cm³/mol. The first-order chi connectivity index (χ1) is 21.5. The fourth-order valence-electron chi connectivity index (χ4n) is 4.84. The normalized spacial score (nSPS) is 14.2. The van der Waals surface area contributed by atoms with Crippen LogP contribution in [0.4, 0.5) is 11.6 Å². The fraction of sp³-hybridized carbons (Fsp3) is 0.419. The number of hydrogen-bond donors (Lipinski definition) is 1. The molecule has 0 saturated carbocycles. The quantitative estimate of drug-likeness (QED) is 0.216. The number of pyridine rings is 1. The van der Waals surface area contributed by atoms with Crippen molar-refractivity contribution in [1.29, 1.82) is 0 Å². The second-order valence-electron chi connectivity index (χ2n) is 11.4. The second-order valence-corrected chi connectivity index (χ2v) is 13.4. The lowest BCUT2D eigenvalue weighted by Gasteiger charge is -2.34. The van der Waals surface area contributed by atoms with Crippen LogP contribution in [0.5, 0.6) is 17.5 Å². The third-order valence-electron chi connectivity index (χ3n) is 7.44. The number of ether oxygens (including phenoxy) is 2. The van der Waals surface area contributed by atoms with Gasteiger partial charge in [-0.25, -0.2) is 23.1 Å². The largest absolute Gasteiger partial charge is 0.478 e. The highest BCUT2D eigenvalue weighted by Crippen LogP contribution is 2.39. The Morgan fingerprint density at radius 2 is 1.78 bits per heavy atom. The lowest BCUT2D eigenvalue weighted by molar-refractivity contribution is 0.279. The zero-order chi connectivity index (χ0) is 32.1. The number of aryl methyl sites for hydroxylation is 1. The molecular weight excluding hydrogens is 616 g/mol. The number of aromatic nitrogens is 5. The molecule has 4 aromatic rings. The van der Waals surface area contributed by atoms with Crippen molar-refractivity contribution < 1.29 is 17.9 Å². The number of likely N-dealkylation sites (N-methyl/N-ethyl adjacent to an activating group) is 1. The van der Waals surface area contributed by atoms with Crippen molar-refractivity contribution in [2.75, 3.05) is 49.5 Å². The van der Waals surface area contributed by atoms with Crippen molar-refractivity contribution in [1.82, 2.24) is 29.6 Å². The smallest absolute Gasteiger partial charge is 0.267 e. The molecule has 0 spiro atoms. The van der Waals surface area contributed by atoms with Crippen LogP contribution in [0.25, 0.3) is 11.4 Å². The minimum absolute atomic E-state index is 0.0289. The van der Waals surface area contributed by atoms with E-state index in [-0.39, 0.29) is 16.7 Å². The van der Waals surface area contributed by atoms with Crippen molar-refractivity contribution in [2.24, 2.45) is 13.0 Å². The van der Waals surface area contributed by atoms with Gasteiger partial charge in [0.2, 0.25) is 17.7 Å². The Morgan fingerprint density at radius 3 is 2.47 bits per heavy atom. The Kier molecular flexibility index (Phi) is 10.1. The number of hydrogen-bond acceptors (Lipinski definition) is 10. The van der Waals surface area contributed by atoms with Crippen molar-refractivity contribution in [3.8, 4) is 28.9 Å². The van der Waals surface area contributed by atoms with Crippen molar-refractivity contribution in [3.05, 3.63) is 59.4 Å². The van der Waals surface area contributed by atoms with Crippen molar-refractivity contribution >= 4 is 33.3 Å². The van der Waals surface area contributed by atoms with Crippen molar-refractivity contribution in [3.63, 3.8) is 0 Å². The Morgan fingerprint density at radius 1 is 1.02 bits per heavy atom. The van der Waals surface area contributed by atoms with Gasteiger partial charge in [0.15, 0.2) is 0 Å². The SMILES string of the molecule is CCc1c(Oc2cccc(N3CCN(C)CC3)c2Cl)nc(NS(=O)(=O)c2cnn(C)c2)nc1-c1cccc(OCCC(C)C)n1. The van der Waals surface area contributed by atoms with Gasteiger partial charge in [0.25, 0.3) is 10.0 Å². The van der Waals surface area contributed by atoms with Crippen LogP contribution < -0.4 is 19.1 Å². The second kappa shape index (κ2) is 14.0. The summed E-state index contributed by atoms with van der Waals surface area (Å²) in [6, 6.07) is 11.0. The van der Waals surface area contributed by atoms with Gasteiger partial charge in [-0.15, -0.1) is 0 Å². The number of halogens is 1. The van der Waals surface area contributed by atoms with E-state index in [1.807, 2.05) is 25.1 Å². The number of benzene rings is 1. The molecule has 14 heteroatoms. The Balaban J connectivity index is 1.56. The first kappa shape index (κ1) is 32.5. The first-order valence-corrected chi connectivity index (χ1v) is 16.8. The van der Waals surface area contributed by atoms with Crippen LogP contribution in [0.2, 0.25) is 5.02 Å². The molecule has 1 aliphatic heterocycles. The maximum absolute atomic E-state index is 13.3. The highest BCUT2D eigenvalue weighted by Gasteiger charge is 2.25. The van der Waals surface area contributed by atoms with Gasteiger partial charge in [-0.05, 0) is 44.0 Å². The van der Waals surface area contributed by atoms with Crippen LogP contribution in [0.3, 0.4) is 0 Å². The molecule has 0 atom stereocenters. The van der Waals surface area contributed by atoms with Gasteiger partial charge in [0.1, 0.15) is 21.4 Å². The van der Waals surface area contributed by atoms with E-state index in [2.05, 4.69) is 50.5 Å². The summed E-state index contributed by atoms with van der Waals surface area (Å²) in [7, 11) is -0.325. The van der Waals surface area contributed by atoms with E-state index in [1.165, 1.54) is 17.1 Å². The van der Waals surface area contributed by atoms with E-state index in [0.29, 0.717) is 52.5 Å². The van der Waals surface area contributed by atoms with Gasteiger partial charge in [-0.3, -0.25) is 4.68 Å². The minimum Gasteiger partial charge on any atom is -0.478 e. The molecule has 1 fully saturated rings. The molecule has 0 unspecified atom stereocenters. The summed E-state index contributed by atoms with van der Waals surface area (Å²) in [5.41, 5.74) is 2.39. The Bertz CT molecular complexity index is 1740. The van der Waals surface area contributed by atoms with Crippen LogP contribution in [0.1, 0.15) is 32.8 Å². The maximum atomic E-state index is 13.3. The first-order valence-electron chi connectivity index (χ1n) is 15.0. The molecule has 0 radical (unpaired) electrons. The summed E-state index contributed by atoms with van der Waals surface area (Å²) >= 11 is 6.93. The van der Waals surface area contributed by atoms with Gasteiger partial charge in [-0.2, -0.15) is 10.1 Å². The van der Waals surface area contributed by atoms with E-state index < -0.39 is 10.0 Å². The van der Waals surface area contributed by atoms with E-state index in [1.54, 1.807) is 25.2 Å². The summed E-state index contributed by atoms with van der Waals surface area (Å²) in [5, 5.41) is 4.43. The number of nitrogens with one attached hydrogen (secondary N) is 1. The van der Waals surface area contributed by atoms with E-state index in [9.17, 15) is 8.42 Å². The number of anilines is 2. The topological polar surface area (TPSA) is 128 Å². The lowest BCUT2D eigenvalue weighted by Crippen LogP contribution is -2.44. The average molecular weight is 655 g/mol. The van der Waals surface area contributed by atoms with E-state index in [0.717, 1.165) is 38.3 Å². The van der Waals surface area contributed by atoms with Crippen LogP contribution in [0.15, 0.2) is 53.7 Å². The number of nitrogens with zero attached hydrogens (tertiary/aromatic N) is 7. The molecule has 1 aliphatic rings. The highest BCUT2D eigenvalue weighted by atomic mass is 35.5. The number of piperazine rings is 1. The van der Waals surface area contributed by atoms with Gasteiger partial charge in [0, 0.05) is 51.1 Å². The summed E-state index contributed by atoms with van der Waals surface area (Å²) in [4.78, 5) is 18.3. The Hall–Kier alpha value is -3.94. The van der Waals surface area contributed by atoms with E-state index in [4.69, 9.17) is 26.1 Å². The molecule has 5 rings (SSSR count). The molecule has 45 heavy (non-hydrogen) atoms. The predicted octanol–water partition coefficient (Wildman–Crippen LogP) is 5.26. The van der Waals surface area contributed by atoms with Gasteiger partial charge in [0.05, 0.1) is 24.2 Å². The highest BCUT2D eigenvalue weighted by molar-refractivity contribution is 7.92. The molecule has 0 bridgehead atoms. The molecular formula is C31H39ClN8O4S. The van der Waals surface area contributed by atoms with Crippen LogP contribution in [0, 0.1) is 5.92 Å². The van der Waals surface area contributed by atoms with E-state index >= 15 is 0 Å². The molecule has 0 aliphatic carbocycles. The van der Waals surface area contributed by atoms with Crippen LogP contribution in [-0.4, -0.2) is 77.9 Å². The number of rotatable bonds is 12. The van der Waals surface area contributed by atoms with Crippen LogP contribution in [-0.2, 0) is 23.5 Å². The lowest BCUT2D eigenvalue weighted by atomic mass is 10.1.